The number of aromatic amines is 1. The van der Waals surface area contributed by atoms with Crippen LogP contribution in [0.2, 0.25) is 0 Å². The summed E-state index contributed by atoms with van der Waals surface area (Å²) >= 11 is 3.34. The normalized spacial score (nSPS) is 10.8. The van der Waals surface area contributed by atoms with Gasteiger partial charge in [-0.3, -0.25) is 9.59 Å². The van der Waals surface area contributed by atoms with Gasteiger partial charge in [0.05, 0.1) is 16.6 Å². The third kappa shape index (κ3) is 3.39. The van der Waals surface area contributed by atoms with Crippen LogP contribution in [0.25, 0.3) is 16.6 Å². The molecule has 0 aliphatic rings. The summed E-state index contributed by atoms with van der Waals surface area (Å²) in [5.41, 5.74) is 0.765. The number of para-hydroxylation sites is 1. The minimum atomic E-state index is -0.561. The second kappa shape index (κ2) is 7.28. The molecule has 0 saturated heterocycles. The first kappa shape index (κ1) is 17.9. The highest BCUT2D eigenvalue weighted by Gasteiger charge is 2.12. The summed E-state index contributed by atoms with van der Waals surface area (Å²) in [7, 11) is 0. The molecule has 4 rings (SSSR count). The van der Waals surface area contributed by atoms with Crippen molar-refractivity contribution in [2.75, 3.05) is 5.32 Å². The van der Waals surface area contributed by atoms with Crippen molar-refractivity contribution >= 4 is 38.4 Å². The second-order valence-corrected chi connectivity index (χ2v) is 7.04. The van der Waals surface area contributed by atoms with Crippen LogP contribution < -0.4 is 16.6 Å². The van der Waals surface area contributed by atoms with Gasteiger partial charge in [-0.05, 0) is 54.6 Å². The van der Waals surface area contributed by atoms with E-state index in [4.69, 9.17) is 0 Å². The van der Waals surface area contributed by atoms with E-state index in [1.54, 1.807) is 54.6 Å². The van der Waals surface area contributed by atoms with Crippen molar-refractivity contribution < 1.29 is 4.79 Å². The number of H-pyrrole nitrogens is 1. The molecule has 3 aromatic carbocycles. The van der Waals surface area contributed by atoms with E-state index in [2.05, 4.69) is 26.2 Å². The highest BCUT2D eigenvalue weighted by Crippen LogP contribution is 2.16. The van der Waals surface area contributed by atoms with E-state index in [1.165, 1.54) is 6.07 Å². The highest BCUT2D eigenvalue weighted by atomic mass is 79.9. The van der Waals surface area contributed by atoms with Gasteiger partial charge in [0, 0.05) is 15.7 Å². The zero-order chi connectivity index (χ0) is 19.7. The Morgan fingerprint density at radius 3 is 2.36 bits per heavy atom. The smallest absolute Gasteiger partial charge is 0.322 e. The molecule has 0 fully saturated rings. The number of aromatic nitrogens is 2. The zero-order valence-electron chi connectivity index (χ0n) is 14.5. The Labute approximate surface area is 167 Å². The number of anilines is 1. The molecule has 2 N–H and O–H groups in total. The molecule has 0 aliphatic carbocycles. The predicted molar refractivity (Wildman–Crippen MR) is 112 cm³/mol. The van der Waals surface area contributed by atoms with Crippen molar-refractivity contribution in [3.8, 4) is 5.69 Å². The molecule has 138 valence electrons. The maximum Gasteiger partial charge on any atom is 0.333 e. The molecule has 0 atom stereocenters. The number of carbonyl (C=O) groups is 1. The van der Waals surface area contributed by atoms with Crippen molar-refractivity contribution in [3.63, 3.8) is 0 Å². The lowest BCUT2D eigenvalue weighted by molar-refractivity contribution is 0.102. The number of benzene rings is 3. The van der Waals surface area contributed by atoms with E-state index in [-0.39, 0.29) is 5.91 Å². The number of nitrogens with zero attached hydrogens (tertiary/aromatic N) is 1. The molecular weight excluding hydrogens is 422 g/mol. The summed E-state index contributed by atoms with van der Waals surface area (Å²) < 4.78 is 1.98. The Hall–Kier alpha value is -3.45. The highest BCUT2D eigenvalue weighted by molar-refractivity contribution is 9.10. The lowest BCUT2D eigenvalue weighted by atomic mass is 10.1. The fourth-order valence-corrected chi connectivity index (χ4v) is 3.17. The van der Waals surface area contributed by atoms with Gasteiger partial charge in [0.2, 0.25) is 0 Å². The number of rotatable bonds is 3. The van der Waals surface area contributed by atoms with Crippen molar-refractivity contribution in [2.45, 2.75) is 0 Å². The molecule has 1 amide bonds. The van der Waals surface area contributed by atoms with Gasteiger partial charge in [0.25, 0.3) is 11.5 Å². The number of carbonyl (C=O) groups excluding carboxylic acids is 1. The average molecular weight is 436 g/mol. The lowest BCUT2D eigenvalue weighted by Crippen LogP contribution is -2.33. The number of amides is 1. The first-order valence-electron chi connectivity index (χ1n) is 8.44. The molecule has 0 radical (unpaired) electrons. The van der Waals surface area contributed by atoms with Crippen LogP contribution in [-0.4, -0.2) is 15.5 Å². The molecule has 0 saturated carbocycles. The van der Waals surface area contributed by atoms with Crippen LogP contribution in [0.15, 0.2) is 86.9 Å². The van der Waals surface area contributed by atoms with Gasteiger partial charge >= 0.3 is 5.69 Å². The molecule has 4 aromatic rings. The number of nitrogens with one attached hydrogen (secondary N) is 2. The van der Waals surface area contributed by atoms with Gasteiger partial charge in [0.15, 0.2) is 0 Å². The molecule has 6 nitrogen and oxygen atoms in total. The Bertz CT molecular complexity index is 1290. The van der Waals surface area contributed by atoms with Gasteiger partial charge in [0.1, 0.15) is 0 Å². The fourth-order valence-electron chi connectivity index (χ4n) is 2.91. The van der Waals surface area contributed by atoms with Gasteiger partial charge in [-0.15, -0.1) is 0 Å². The van der Waals surface area contributed by atoms with Gasteiger partial charge in [-0.1, -0.05) is 34.1 Å². The Balaban J connectivity index is 1.74. The molecule has 0 aliphatic heterocycles. The van der Waals surface area contributed by atoms with Crippen molar-refractivity contribution in [2.24, 2.45) is 0 Å². The zero-order valence-corrected chi connectivity index (χ0v) is 16.1. The predicted octanol–water partition coefficient (Wildman–Crippen LogP) is 3.69. The minimum Gasteiger partial charge on any atom is -0.322 e. The third-order valence-electron chi connectivity index (χ3n) is 4.28. The molecule has 0 spiro atoms. The molecule has 7 heteroatoms. The maximum absolute atomic E-state index is 12.8. The number of fused-ring (bicyclic) bond motifs is 1. The molecule has 0 bridgehead atoms. The van der Waals surface area contributed by atoms with Crippen LogP contribution in [0.3, 0.4) is 0 Å². The van der Waals surface area contributed by atoms with Crippen molar-refractivity contribution in [1.82, 2.24) is 9.55 Å². The lowest BCUT2D eigenvalue weighted by Gasteiger charge is -2.08. The maximum atomic E-state index is 12.8. The summed E-state index contributed by atoms with van der Waals surface area (Å²) in [5.74, 6) is -0.336. The van der Waals surface area contributed by atoms with Crippen LogP contribution in [-0.2, 0) is 0 Å². The molecule has 1 aromatic heterocycles. The quantitative estimate of drug-likeness (QED) is 0.514. The van der Waals surface area contributed by atoms with E-state index in [9.17, 15) is 14.4 Å². The van der Waals surface area contributed by atoms with E-state index in [0.717, 1.165) is 9.04 Å². The largest absolute Gasteiger partial charge is 0.333 e. The van der Waals surface area contributed by atoms with Crippen molar-refractivity contribution in [3.05, 3.63) is 104 Å². The Kier molecular flexibility index (Phi) is 4.67. The fraction of sp³-hybridized carbons (Fsp3) is 0. The average Bonchev–Trinajstić information content (AvgIpc) is 2.70. The first-order valence-corrected chi connectivity index (χ1v) is 9.24. The van der Waals surface area contributed by atoms with Gasteiger partial charge in [-0.2, -0.15) is 0 Å². The second-order valence-electron chi connectivity index (χ2n) is 6.13. The summed E-state index contributed by atoms with van der Waals surface area (Å²) in [6.07, 6.45) is 0. The summed E-state index contributed by atoms with van der Waals surface area (Å²) in [6, 6.07) is 20.5. The van der Waals surface area contributed by atoms with E-state index in [1.807, 2.05) is 12.1 Å². The van der Waals surface area contributed by atoms with E-state index >= 15 is 0 Å². The molecular formula is C21H14BrN3O3. The Morgan fingerprint density at radius 1 is 0.929 bits per heavy atom. The standard InChI is InChI=1S/C21H14BrN3O3/c22-14-7-9-15(10-8-14)23-19(26)13-6-11-17-18(12-13)24-21(28)25(20(17)27)16-4-2-1-3-5-16/h1-12H,(H,23,26)(H,24,28). The van der Waals surface area contributed by atoms with Crippen molar-refractivity contribution in [1.29, 1.82) is 0 Å². The third-order valence-corrected chi connectivity index (χ3v) is 4.81. The van der Waals surface area contributed by atoms with Crippen LogP contribution in [0.1, 0.15) is 10.4 Å². The number of hydrogen-bond acceptors (Lipinski definition) is 3. The van der Waals surface area contributed by atoms with E-state index < -0.39 is 11.2 Å². The SMILES string of the molecule is O=C(Nc1ccc(Br)cc1)c1ccc2c(=O)n(-c3ccccc3)c(=O)[nH]c2c1. The molecule has 0 unspecified atom stereocenters. The van der Waals surface area contributed by atoms with Crippen LogP contribution in [0.4, 0.5) is 5.69 Å². The minimum absolute atomic E-state index is 0.311. The van der Waals surface area contributed by atoms with E-state index in [0.29, 0.717) is 27.8 Å². The summed E-state index contributed by atoms with van der Waals surface area (Å²) in [5, 5.41) is 3.10. The Morgan fingerprint density at radius 2 is 1.64 bits per heavy atom. The van der Waals surface area contributed by atoms with Gasteiger partial charge in [-0.25, -0.2) is 9.36 Å². The monoisotopic (exact) mass is 435 g/mol. The molecule has 28 heavy (non-hydrogen) atoms. The van der Waals surface area contributed by atoms with Crippen LogP contribution >= 0.6 is 15.9 Å². The number of hydrogen-bond donors (Lipinski definition) is 2. The van der Waals surface area contributed by atoms with Gasteiger partial charge < -0.3 is 10.3 Å². The summed E-state index contributed by atoms with van der Waals surface area (Å²) in [4.78, 5) is 40.4. The van der Waals surface area contributed by atoms with Crippen LogP contribution in [0, 0.1) is 0 Å². The molecule has 1 heterocycles. The number of halogens is 1. The van der Waals surface area contributed by atoms with Crippen LogP contribution in [0.5, 0.6) is 0 Å². The summed E-state index contributed by atoms with van der Waals surface area (Å²) in [6.45, 7) is 0. The topological polar surface area (TPSA) is 84.0 Å². The first-order chi connectivity index (χ1) is 13.5.